The lowest BCUT2D eigenvalue weighted by molar-refractivity contribution is 0.315. The Bertz CT molecular complexity index is 277. The summed E-state index contributed by atoms with van der Waals surface area (Å²) in [6.45, 7) is 5.14. The Morgan fingerprint density at radius 2 is 2.43 bits per heavy atom. The molecular formula is C10H16N4. The highest BCUT2D eigenvalue weighted by molar-refractivity contribution is 4.99. The van der Waals surface area contributed by atoms with Gasteiger partial charge in [0, 0.05) is 31.9 Å². The van der Waals surface area contributed by atoms with Crippen LogP contribution in [0.4, 0.5) is 0 Å². The van der Waals surface area contributed by atoms with Crippen molar-refractivity contribution < 1.29 is 0 Å². The Kier molecular flexibility index (Phi) is 2.74. The van der Waals surface area contributed by atoms with Gasteiger partial charge in [-0.3, -0.25) is 4.90 Å². The number of nitrogens with two attached hydrogens (primary N) is 1. The van der Waals surface area contributed by atoms with Crippen LogP contribution in [0.15, 0.2) is 18.6 Å². The Morgan fingerprint density at radius 1 is 1.57 bits per heavy atom. The fourth-order valence-electron chi connectivity index (χ4n) is 1.87. The van der Waals surface area contributed by atoms with E-state index in [0.717, 1.165) is 25.3 Å². The minimum atomic E-state index is 0.317. The third kappa shape index (κ3) is 2.08. The molecule has 0 saturated carbocycles. The molecule has 0 aromatic carbocycles. The van der Waals surface area contributed by atoms with Gasteiger partial charge in [0.1, 0.15) is 6.33 Å². The Balaban J connectivity index is 1.94. The number of hydrogen-bond acceptors (Lipinski definition) is 4. The van der Waals surface area contributed by atoms with Gasteiger partial charge in [-0.15, -0.1) is 0 Å². The summed E-state index contributed by atoms with van der Waals surface area (Å²) in [6, 6.07) is 2.27. The molecule has 2 rings (SSSR count). The van der Waals surface area contributed by atoms with Crippen molar-refractivity contribution in [2.45, 2.75) is 19.5 Å². The van der Waals surface area contributed by atoms with E-state index in [4.69, 9.17) is 5.73 Å². The van der Waals surface area contributed by atoms with Gasteiger partial charge in [0.05, 0.1) is 5.69 Å². The predicted octanol–water partition coefficient (Wildman–Crippen LogP) is 0.256. The average molecular weight is 192 g/mol. The van der Waals surface area contributed by atoms with Crippen LogP contribution >= 0.6 is 0 Å². The summed E-state index contributed by atoms with van der Waals surface area (Å²) in [5.41, 5.74) is 7.02. The molecule has 2 heterocycles. The number of hydrogen-bond donors (Lipinski definition) is 1. The Labute approximate surface area is 84.2 Å². The van der Waals surface area contributed by atoms with Crippen molar-refractivity contribution in [3.8, 4) is 0 Å². The van der Waals surface area contributed by atoms with Crippen LogP contribution in [0.25, 0.3) is 0 Å². The van der Waals surface area contributed by atoms with Gasteiger partial charge in [0.15, 0.2) is 0 Å². The summed E-state index contributed by atoms with van der Waals surface area (Å²) in [5, 5.41) is 0. The molecule has 1 aliphatic rings. The molecular weight excluding hydrogens is 176 g/mol. The van der Waals surface area contributed by atoms with E-state index >= 15 is 0 Å². The van der Waals surface area contributed by atoms with Crippen LogP contribution < -0.4 is 5.73 Å². The molecule has 2 N–H and O–H groups in total. The molecule has 1 aliphatic heterocycles. The molecule has 1 fully saturated rings. The minimum absolute atomic E-state index is 0.317. The van der Waals surface area contributed by atoms with Crippen molar-refractivity contribution in [3.63, 3.8) is 0 Å². The normalized spacial score (nSPS) is 28.1. The van der Waals surface area contributed by atoms with E-state index in [1.54, 1.807) is 12.5 Å². The number of nitrogens with zero attached hydrogens (tertiary/aromatic N) is 3. The van der Waals surface area contributed by atoms with Gasteiger partial charge < -0.3 is 5.73 Å². The van der Waals surface area contributed by atoms with E-state index in [2.05, 4.69) is 21.8 Å². The third-order valence-corrected chi connectivity index (χ3v) is 2.77. The van der Waals surface area contributed by atoms with Crippen molar-refractivity contribution in [2.75, 3.05) is 13.1 Å². The minimum Gasteiger partial charge on any atom is -0.326 e. The second kappa shape index (κ2) is 4.02. The van der Waals surface area contributed by atoms with Crippen LogP contribution in [0, 0.1) is 5.92 Å². The molecule has 0 amide bonds. The summed E-state index contributed by atoms with van der Waals surface area (Å²) in [4.78, 5) is 10.4. The first-order chi connectivity index (χ1) is 6.75. The highest BCUT2D eigenvalue weighted by Crippen LogP contribution is 2.15. The van der Waals surface area contributed by atoms with E-state index in [0.29, 0.717) is 12.0 Å². The van der Waals surface area contributed by atoms with E-state index < -0.39 is 0 Å². The lowest BCUT2D eigenvalue weighted by atomic mass is 10.1. The first kappa shape index (κ1) is 9.55. The number of rotatable bonds is 2. The van der Waals surface area contributed by atoms with Crippen molar-refractivity contribution in [1.29, 1.82) is 0 Å². The maximum atomic E-state index is 5.95. The zero-order chi connectivity index (χ0) is 9.97. The molecule has 76 valence electrons. The lowest BCUT2D eigenvalue weighted by Gasteiger charge is -2.13. The zero-order valence-corrected chi connectivity index (χ0v) is 8.43. The first-order valence-electron chi connectivity index (χ1n) is 4.98. The van der Waals surface area contributed by atoms with Crippen LogP contribution in [-0.4, -0.2) is 34.0 Å². The summed E-state index contributed by atoms with van der Waals surface area (Å²) in [6.07, 6.45) is 3.37. The molecule has 4 heteroatoms. The molecule has 14 heavy (non-hydrogen) atoms. The van der Waals surface area contributed by atoms with E-state index in [9.17, 15) is 0 Å². The molecule has 1 saturated heterocycles. The Hall–Kier alpha value is -1.00. The highest BCUT2D eigenvalue weighted by atomic mass is 15.2. The largest absolute Gasteiger partial charge is 0.326 e. The van der Waals surface area contributed by atoms with Gasteiger partial charge in [-0.05, 0) is 12.0 Å². The summed E-state index contributed by atoms with van der Waals surface area (Å²) in [5.74, 6) is 0.594. The first-order valence-corrected chi connectivity index (χ1v) is 4.98. The monoisotopic (exact) mass is 192 g/mol. The van der Waals surface area contributed by atoms with Crippen molar-refractivity contribution in [3.05, 3.63) is 24.3 Å². The van der Waals surface area contributed by atoms with Gasteiger partial charge in [0.2, 0.25) is 0 Å². The standard InChI is InChI=1S/C10H16N4/c1-8-4-14(6-10(8)11)5-9-2-3-12-7-13-9/h2-3,7-8,10H,4-6,11H2,1H3. The maximum Gasteiger partial charge on any atom is 0.115 e. The molecule has 0 spiro atoms. The number of aromatic nitrogens is 2. The van der Waals surface area contributed by atoms with Gasteiger partial charge in [-0.1, -0.05) is 6.92 Å². The molecule has 1 aromatic heterocycles. The molecule has 0 radical (unpaired) electrons. The zero-order valence-electron chi connectivity index (χ0n) is 8.43. The molecule has 0 aliphatic carbocycles. The molecule has 4 nitrogen and oxygen atoms in total. The third-order valence-electron chi connectivity index (χ3n) is 2.77. The lowest BCUT2D eigenvalue weighted by Crippen LogP contribution is -2.28. The van der Waals surface area contributed by atoms with Gasteiger partial charge in [-0.25, -0.2) is 9.97 Å². The van der Waals surface area contributed by atoms with Gasteiger partial charge >= 0.3 is 0 Å². The molecule has 2 unspecified atom stereocenters. The molecule has 2 atom stereocenters. The smallest absolute Gasteiger partial charge is 0.115 e. The summed E-state index contributed by atoms with van der Waals surface area (Å²) >= 11 is 0. The Morgan fingerprint density at radius 3 is 3.00 bits per heavy atom. The quantitative estimate of drug-likeness (QED) is 0.730. The number of likely N-dealkylation sites (tertiary alicyclic amines) is 1. The van der Waals surface area contributed by atoms with Crippen molar-refractivity contribution in [2.24, 2.45) is 11.7 Å². The fraction of sp³-hybridized carbons (Fsp3) is 0.600. The summed E-state index contributed by atoms with van der Waals surface area (Å²) < 4.78 is 0. The van der Waals surface area contributed by atoms with Crippen LogP contribution in [0.1, 0.15) is 12.6 Å². The van der Waals surface area contributed by atoms with E-state index in [1.165, 1.54) is 0 Å². The van der Waals surface area contributed by atoms with Gasteiger partial charge in [0.25, 0.3) is 0 Å². The van der Waals surface area contributed by atoms with Crippen molar-refractivity contribution in [1.82, 2.24) is 14.9 Å². The van der Waals surface area contributed by atoms with Crippen LogP contribution in [0.2, 0.25) is 0 Å². The fourth-order valence-corrected chi connectivity index (χ4v) is 1.87. The second-order valence-corrected chi connectivity index (χ2v) is 4.04. The molecule has 1 aromatic rings. The van der Waals surface area contributed by atoms with E-state index in [-0.39, 0.29) is 0 Å². The SMILES string of the molecule is CC1CN(Cc2ccncn2)CC1N. The van der Waals surface area contributed by atoms with Crippen LogP contribution in [0.5, 0.6) is 0 Å². The average Bonchev–Trinajstić information content (AvgIpc) is 2.47. The summed E-state index contributed by atoms with van der Waals surface area (Å²) in [7, 11) is 0. The van der Waals surface area contributed by atoms with Crippen molar-refractivity contribution >= 4 is 0 Å². The maximum absolute atomic E-state index is 5.95. The topological polar surface area (TPSA) is 55.0 Å². The predicted molar refractivity (Wildman–Crippen MR) is 54.4 cm³/mol. The van der Waals surface area contributed by atoms with Crippen LogP contribution in [-0.2, 0) is 6.54 Å². The van der Waals surface area contributed by atoms with Gasteiger partial charge in [-0.2, -0.15) is 0 Å². The van der Waals surface area contributed by atoms with E-state index in [1.807, 2.05) is 6.07 Å². The molecule has 0 bridgehead atoms. The highest BCUT2D eigenvalue weighted by Gasteiger charge is 2.26. The second-order valence-electron chi connectivity index (χ2n) is 4.04. The van der Waals surface area contributed by atoms with Crippen LogP contribution in [0.3, 0.4) is 0 Å².